The molecule has 0 saturated heterocycles. The van der Waals surface area contributed by atoms with E-state index in [1.807, 2.05) is 54.6 Å². The van der Waals surface area contributed by atoms with E-state index < -0.39 is 0 Å². The number of fused-ring (bicyclic) bond motifs is 3. The molecule has 3 aromatic carbocycles. The first-order valence-corrected chi connectivity index (χ1v) is 8.47. The second kappa shape index (κ2) is 6.44. The molecule has 1 aromatic heterocycles. The predicted molar refractivity (Wildman–Crippen MR) is 101 cm³/mol. The van der Waals surface area contributed by atoms with Crippen molar-refractivity contribution in [1.29, 1.82) is 0 Å². The Morgan fingerprint density at radius 1 is 0.960 bits per heavy atom. The third kappa shape index (κ3) is 3.01. The van der Waals surface area contributed by atoms with E-state index in [4.69, 9.17) is 4.42 Å². The minimum Gasteiger partial charge on any atom is -0.451 e. The Balaban J connectivity index is 1.55. The number of benzene rings is 3. The van der Waals surface area contributed by atoms with Crippen molar-refractivity contribution in [2.75, 3.05) is 6.54 Å². The average Bonchev–Trinajstić information content (AvgIpc) is 3.11. The number of hydrogen-bond donors (Lipinski definition) is 1. The van der Waals surface area contributed by atoms with Crippen molar-refractivity contribution in [3.8, 4) is 0 Å². The van der Waals surface area contributed by atoms with Crippen molar-refractivity contribution >= 4 is 27.6 Å². The Morgan fingerprint density at radius 3 is 2.56 bits per heavy atom. The van der Waals surface area contributed by atoms with Gasteiger partial charge in [-0.05, 0) is 34.4 Å². The maximum Gasteiger partial charge on any atom is 0.287 e. The summed E-state index contributed by atoms with van der Waals surface area (Å²) in [5, 5.41) is 6.18. The molecule has 0 spiro atoms. The van der Waals surface area contributed by atoms with Gasteiger partial charge < -0.3 is 9.73 Å². The van der Waals surface area contributed by atoms with Gasteiger partial charge in [-0.25, -0.2) is 0 Å². The fraction of sp³-hybridized carbons (Fsp3) is 0.136. The molecule has 1 atom stereocenters. The number of hydrogen-bond acceptors (Lipinski definition) is 2. The van der Waals surface area contributed by atoms with E-state index in [0.29, 0.717) is 12.3 Å². The summed E-state index contributed by atoms with van der Waals surface area (Å²) < 4.78 is 5.76. The molecule has 25 heavy (non-hydrogen) atoms. The average molecular weight is 329 g/mol. The first-order chi connectivity index (χ1) is 12.2. The Bertz CT molecular complexity index is 1030. The van der Waals surface area contributed by atoms with Crippen LogP contribution < -0.4 is 5.32 Å². The van der Waals surface area contributed by atoms with Crippen LogP contribution in [0.4, 0.5) is 0 Å². The van der Waals surface area contributed by atoms with E-state index in [9.17, 15) is 4.79 Å². The molecule has 0 aliphatic rings. The molecular weight excluding hydrogens is 310 g/mol. The van der Waals surface area contributed by atoms with Gasteiger partial charge >= 0.3 is 0 Å². The second-order valence-corrected chi connectivity index (χ2v) is 6.33. The number of furan rings is 1. The molecule has 1 unspecified atom stereocenters. The molecule has 0 saturated carbocycles. The summed E-state index contributed by atoms with van der Waals surface area (Å²) in [5.74, 6) is 0.421. The van der Waals surface area contributed by atoms with Gasteiger partial charge in [-0.15, -0.1) is 0 Å². The monoisotopic (exact) mass is 329 g/mol. The predicted octanol–water partition coefficient (Wildman–Crippen LogP) is 5.12. The summed E-state index contributed by atoms with van der Waals surface area (Å²) in [6.07, 6.45) is 0. The lowest BCUT2D eigenvalue weighted by Crippen LogP contribution is -2.27. The van der Waals surface area contributed by atoms with Crippen molar-refractivity contribution in [1.82, 2.24) is 5.32 Å². The molecule has 1 N–H and O–H groups in total. The molecule has 0 aliphatic heterocycles. The number of nitrogens with one attached hydrogen (secondary N) is 1. The zero-order chi connectivity index (χ0) is 17.2. The number of carbonyl (C=O) groups excluding carboxylic acids is 1. The van der Waals surface area contributed by atoms with E-state index in [1.165, 1.54) is 5.56 Å². The molecule has 124 valence electrons. The lowest BCUT2D eigenvalue weighted by atomic mass is 10.0. The van der Waals surface area contributed by atoms with E-state index in [-0.39, 0.29) is 11.8 Å². The second-order valence-electron chi connectivity index (χ2n) is 6.33. The molecule has 1 heterocycles. The quantitative estimate of drug-likeness (QED) is 0.564. The Labute approximate surface area is 146 Å². The van der Waals surface area contributed by atoms with E-state index >= 15 is 0 Å². The van der Waals surface area contributed by atoms with Crippen molar-refractivity contribution in [3.05, 3.63) is 84.1 Å². The van der Waals surface area contributed by atoms with Crippen LogP contribution in [0.2, 0.25) is 0 Å². The van der Waals surface area contributed by atoms with E-state index in [1.54, 1.807) is 0 Å². The highest BCUT2D eigenvalue weighted by Gasteiger charge is 2.15. The molecule has 0 fully saturated rings. The first-order valence-electron chi connectivity index (χ1n) is 8.47. The molecule has 0 bridgehead atoms. The van der Waals surface area contributed by atoms with Crippen molar-refractivity contribution in [3.63, 3.8) is 0 Å². The molecule has 0 aliphatic carbocycles. The van der Waals surface area contributed by atoms with Gasteiger partial charge in [-0.1, -0.05) is 67.6 Å². The summed E-state index contributed by atoms with van der Waals surface area (Å²) in [7, 11) is 0. The zero-order valence-electron chi connectivity index (χ0n) is 14.0. The smallest absolute Gasteiger partial charge is 0.287 e. The number of rotatable bonds is 4. The standard InChI is InChI=1S/C22H19NO2/c1-15(16-7-3-2-4-8-16)14-23-22(24)21-13-19-18-10-6-5-9-17(18)11-12-20(19)25-21/h2-13,15H,14H2,1H3,(H,23,24). The molecule has 4 rings (SSSR count). The summed E-state index contributed by atoms with van der Waals surface area (Å²) in [6, 6.07) is 24.0. The highest BCUT2D eigenvalue weighted by Crippen LogP contribution is 2.28. The van der Waals surface area contributed by atoms with Crippen LogP contribution in [0, 0.1) is 0 Å². The number of amides is 1. The normalized spacial score (nSPS) is 12.4. The fourth-order valence-corrected chi connectivity index (χ4v) is 3.14. The summed E-state index contributed by atoms with van der Waals surface area (Å²) in [6.45, 7) is 2.67. The fourth-order valence-electron chi connectivity index (χ4n) is 3.14. The maximum atomic E-state index is 12.5. The van der Waals surface area contributed by atoms with Gasteiger partial charge in [0.1, 0.15) is 5.58 Å². The summed E-state index contributed by atoms with van der Waals surface area (Å²) in [4.78, 5) is 12.5. The van der Waals surface area contributed by atoms with Crippen molar-refractivity contribution < 1.29 is 9.21 Å². The zero-order valence-corrected chi connectivity index (χ0v) is 14.0. The molecular formula is C22H19NO2. The third-order valence-corrected chi connectivity index (χ3v) is 4.59. The van der Waals surface area contributed by atoms with Crippen LogP contribution in [-0.4, -0.2) is 12.5 Å². The maximum absolute atomic E-state index is 12.5. The molecule has 1 amide bonds. The van der Waals surface area contributed by atoms with Crippen LogP contribution in [0.25, 0.3) is 21.7 Å². The SMILES string of the molecule is CC(CNC(=O)c1cc2c(ccc3ccccc32)o1)c1ccccc1. The Kier molecular flexibility index (Phi) is 3.98. The lowest BCUT2D eigenvalue weighted by Gasteiger charge is -2.12. The molecule has 3 heteroatoms. The van der Waals surface area contributed by atoms with Gasteiger partial charge in [-0.3, -0.25) is 4.79 Å². The summed E-state index contributed by atoms with van der Waals surface area (Å²) in [5.41, 5.74) is 1.94. The highest BCUT2D eigenvalue weighted by molar-refractivity contribution is 6.08. The molecule has 3 nitrogen and oxygen atoms in total. The van der Waals surface area contributed by atoms with Crippen LogP contribution in [0.1, 0.15) is 29.0 Å². The van der Waals surface area contributed by atoms with Gasteiger partial charge in [0, 0.05) is 11.9 Å². The van der Waals surface area contributed by atoms with Crippen LogP contribution in [0.15, 0.2) is 77.2 Å². The highest BCUT2D eigenvalue weighted by atomic mass is 16.3. The van der Waals surface area contributed by atoms with Crippen LogP contribution >= 0.6 is 0 Å². The van der Waals surface area contributed by atoms with Crippen molar-refractivity contribution in [2.24, 2.45) is 0 Å². The minimum absolute atomic E-state index is 0.178. The Morgan fingerprint density at radius 2 is 1.72 bits per heavy atom. The largest absolute Gasteiger partial charge is 0.451 e. The topological polar surface area (TPSA) is 42.2 Å². The summed E-state index contributed by atoms with van der Waals surface area (Å²) >= 11 is 0. The Hall–Kier alpha value is -3.07. The lowest BCUT2D eigenvalue weighted by molar-refractivity contribution is 0.0926. The van der Waals surface area contributed by atoms with Gasteiger partial charge in [0.2, 0.25) is 0 Å². The van der Waals surface area contributed by atoms with Crippen LogP contribution in [0.3, 0.4) is 0 Å². The van der Waals surface area contributed by atoms with Crippen LogP contribution in [-0.2, 0) is 0 Å². The van der Waals surface area contributed by atoms with Crippen LogP contribution in [0.5, 0.6) is 0 Å². The van der Waals surface area contributed by atoms with Gasteiger partial charge in [0.05, 0.1) is 0 Å². The van der Waals surface area contributed by atoms with Gasteiger partial charge in [0.25, 0.3) is 5.91 Å². The van der Waals surface area contributed by atoms with Gasteiger partial charge in [-0.2, -0.15) is 0 Å². The number of carbonyl (C=O) groups is 1. The van der Waals surface area contributed by atoms with Gasteiger partial charge in [0.15, 0.2) is 5.76 Å². The minimum atomic E-state index is -0.178. The molecule has 4 aromatic rings. The van der Waals surface area contributed by atoms with E-state index in [0.717, 1.165) is 21.7 Å². The first kappa shape index (κ1) is 15.5. The third-order valence-electron chi connectivity index (χ3n) is 4.59. The molecule has 0 radical (unpaired) electrons. The van der Waals surface area contributed by atoms with E-state index in [2.05, 4.69) is 30.4 Å². The van der Waals surface area contributed by atoms with Crippen molar-refractivity contribution in [2.45, 2.75) is 12.8 Å².